The Kier molecular flexibility index (Phi) is 5.52. The lowest BCUT2D eigenvalue weighted by Gasteiger charge is -2.17. The molecule has 0 aliphatic rings. The number of rotatable bonds is 6. The first-order valence-corrected chi connectivity index (χ1v) is 8.61. The van der Waals surface area contributed by atoms with Crippen molar-refractivity contribution >= 4 is 16.0 Å². The number of benzene rings is 2. The van der Waals surface area contributed by atoms with Gasteiger partial charge in [-0.25, -0.2) is 8.42 Å². The molecular weight excluding hydrogens is 314 g/mol. The minimum atomic E-state index is -3.80. The van der Waals surface area contributed by atoms with Crippen LogP contribution in [0.5, 0.6) is 0 Å². The Morgan fingerprint density at radius 1 is 1.09 bits per heavy atom. The Labute approximate surface area is 136 Å². The SMILES string of the molecule is COC(=O)C(Cc1ccccc1)NS(=O)(=O)c1ccc(C)cc1. The summed E-state index contributed by atoms with van der Waals surface area (Å²) >= 11 is 0. The van der Waals surface area contributed by atoms with E-state index < -0.39 is 22.0 Å². The van der Waals surface area contributed by atoms with E-state index in [1.807, 2.05) is 37.3 Å². The van der Waals surface area contributed by atoms with E-state index in [0.29, 0.717) is 0 Å². The van der Waals surface area contributed by atoms with Gasteiger partial charge in [-0.2, -0.15) is 4.72 Å². The molecule has 0 bridgehead atoms. The van der Waals surface area contributed by atoms with E-state index in [2.05, 4.69) is 4.72 Å². The zero-order valence-electron chi connectivity index (χ0n) is 13.0. The number of esters is 1. The molecule has 0 fully saturated rings. The average molecular weight is 333 g/mol. The maximum absolute atomic E-state index is 12.4. The largest absolute Gasteiger partial charge is 0.468 e. The second-order valence-corrected chi connectivity index (χ2v) is 6.91. The van der Waals surface area contributed by atoms with Crippen LogP contribution in [0.4, 0.5) is 0 Å². The van der Waals surface area contributed by atoms with Crippen LogP contribution in [0.1, 0.15) is 11.1 Å². The number of hydrogen-bond acceptors (Lipinski definition) is 4. The molecule has 0 saturated carbocycles. The van der Waals surface area contributed by atoms with Gasteiger partial charge >= 0.3 is 5.97 Å². The summed E-state index contributed by atoms with van der Waals surface area (Å²) in [6.45, 7) is 1.87. The normalized spacial score (nSPS) is 12.6. The molecule has 0 aromatic heterocycles. The van der Waals surface area contributed by atoms with Crippen molar-refractivity contribution in [2.45, 2.75) is 24.3 Å². The second-order valence-electron chi connectivity index (χ2n) is 5.20. The first-order chi connectivity index (χ1) is 10.9. The Hall–Kier alpha value is -2.18. The van der Waals surface area contributed by atoms with Crippen LogP contribution >= 0.6 is 0 Å². The zero-order chi connectivity index (χ0) is 16.9. The van der Waals surface area contributed by atoms with Crippen molar-refractivity contribution in [3.8, 4) is 0 Å². The molecule has 0 radical (unpaired) electrons. The monoisotopic (exact) mass is 333 g/mol. The quantitative estimate of drug-likeness (QED) is 0.821. The van der Waals surface area contributed by atoms with Crippen molar-refractivity contribution in [2.24, 2.45) is 0 Å². The maximum atomic E-state index is 12.4. The fourth-order valence-electron chi connectivity index (χ4n) is 2.14. The molecule has 5 nitrogen and oxygen atoms in total. The summed E-state index contributed by atoms with van der Waals surface area (Å²) in [6.07, 6.45) is 0.221. The fourth-order valence-corrected chi connectivity index (χ4v) is 3.32. The number of carbonyl (C=O) groups excluding carboxylic acids is 1. The molecule has 0 heterocycles. The highest BCUT2D eigenvalue weighted by Gasteiger charge is 2.26. The third-order valence-corrected chi connectivity index (χ3v) is 4.88. The van der Waals surface area contributed by atoms with Gasteiger partial charge in [0.1, 0.15) is 6.04 Å². The summed E-state index contributed by atoms with van der Waals surface area (Å²) in [4.78, 5) is 12.0. The van der Waals surface area contributed by atoms with E-state index in [1.54, 1.807) is 12.1 Å². The van der Waals surface area contributed by atoms with Gasteiger partial charge < -0.3 is 4.74 Å². The van der Waals surface area contributed by atoms with Gasteiger partial charge in [-0.3, -0.25) is 4.79 Å². The first-order valence-electron chi connectivity index (χ1n) is 7.13. The molecule has 1 unspecified atom stereocenters. The van der Waals surface area contributed by atoms with Gasteiger partial charge in [-0.15, -0.1) is 0 Å². The molecule has 2 rings (SSSR count). The van der Waals surface area contributed by atoms with Crippen molar-refractivity contribution in [1.29, 1.82) is 0 Å². The highest BCUT2D eigenvalue weighted by molar-refractivity contribution is 7.89. The van der Waals surface area contributed by atoms with Crippen molar-refractivity contribution in [3.05, 3.63) is 65.7 Å². The van der Waals surface area contributed by atoms with Crippen LogP contribution in [0.2, 0.25) is 0 Å². The number of methoxy groups -OCH3 is 1. The summed E-state index contributed by atoms with van der Waals surface area (Å²) in [6, 6.07) is 14.6. The molecule has 0 saturated heterocycles. The third-order valence-electron chi connectivity index (χ3n) is 3.40. The Bertz CT molecular complexity index is 755. The van der Waals surface area contributed by atoms with Crippen LogP contribution in [-0.4, -0.2) is 27.5 Å². The number of aryl methyl sites for hydroxylation is 1. The Balaban J connectivity index is 2.23. The van der Waals surface area contributed by atoms with Crippen LogP contribution in [0, 0.1) is 6.92 Å². The summed E-state index contributed by atoms with van der Waals surface area (Å²) < 4.78 is 32.0. The number of hydrogen-bond donors (Lipinski definition) is 1. The lowest BCUT2D eigenvalue weighted by Crippen LogP contribution is -2.42. The summed E-state index contributed by atoms with van der Waals surface area (Å²) in [5, 5.41) is 0. The van der Waals surface area contributed by atoms with Crippen LogP contribution in [0.3, 0.4) is 0 Å². The van der Waals surface area contributed by atoms with Gasteiger partial charge in [0.05, 0.1) is 12.0 Å². The van der Waals surface area contributed by atoms with Gasteiger partial charge in [-0.05, 0) is 31.0 Å². The molecule has 1 atom stereocenters. The molecular formula is C17H19NO4S. The van der Waals surface area contributed by atoms with Gasteiger partial charge in [-0.1, -0.05) is 48.0 Å². The number of sulfonamides is 1. The molecule has 23 heavy (non-hydrogen) atoms. The second kappa shape index (κ2) is 7.39. The zero-order valence-corrected chi connectivity index (χ0v) is 13.8. The lowest BCUT2D eigenvalue weighted by molar-refractivity contribution is -0.142. The molecule has 0 amide bonds. The highest BCUT2D eigenvalue weighted by atomic mass is 32.2. The Morgan fingerprint density at radius 3 is 2.26 bits per heavy atom. The predicted molar refractivity (Wildman–Crippen MR) is 87.5 cm³/mol. The van der Waals surface area contributed by atoms with E-state index in [9.17, 15) is 13.2 Å². The fraction of sp³-hybridized carbons (Fsp3) is 0.235. The predicted octanol–water partition coefficient (Wildman–Crippen LogP) is 2.06. The summed E-state index contributed by atoms with van der Waals surface area (Å²) in [5.74, 6) is -0.621. The van der Waals surface area contributed by atoms with Crippen molar-refractivity contribution in [3.63, 3.8) is 0 Å². The standard InChI is InChI=1S/C17H19NO4S/c1-13-8-10-15(11-9-13)23(20,21)18-16(17(19)22-2)12-14-6-4-3-5-7-14/h3-11,16,18H,12H2,1-2H3. The van der Waals surface area contributed by atoms with E-state index >= 15 is 0 Å². The summed E-state index contributed by atoms with van der Waals surface area (Å²) in [5.41, 5.74) is 1.80. The van der Waals surface area contributed by atoms with E-state index in [1.165, 1.54) is 19.2 Å². The molecule has 2 aromatic carbocycles. The Morgan fingerprint density at radius 2 is 1.70 bits per heavy atom. The highest BCUT2D eigenvalue weighted by Crippen LogP contribution is 2.12. The minimum absolute atomic E-state index is 0.116. The molecule has 0 aliphatic heterocycles. The molecule has 0 aliphatic carbocycles. The van der Waals surface area contributed by atoms with Crippen LogP contribution in [-0.2, 0) is 26.0 Å². The van der Waals surface area contributed by atoms with Crippen molar-refractivity contribution in [2.75, 3.05) is 7.11 Å². The maximum Gasteiger partial charge on any atom is 0.324 e. The van der Waals surface area contributed by atoms with Gasteiger partial charge in [0.2, 0.25) is 10.0 Å². The van der Waals surface area contributed by atoms with Gasteiger partial charge in [0.25, 0.3) is 0 Å². The molecule has 2 aromatic rings. The van der Waals surface area contributed by atoms with Crippen LogP contribution in [0.25, 0.3) is 0 Å². The van der Waals surface area contributed by atoms with E-state index in [-0.39, 0.29) is 11.3 Å². The van der Waals surface area contributed by atoms with Crippen LogP contribution < -0.4 is 4.72 Å². The molecule has 1 N–H and O–H groups in total. The van der Waals surface area contributed by atoms with Gasteiger partial charge in [0, 0.05) is 0 Å². The van der Waals surface area contributed by atoms with E-state index in [0.717, 1.165) is 11.1 Å². The van der Waals surface area contributed by atoms with Gasteiger partial charge in [0.15, 0.2) is 0 Å². The molecule has 0 spiro atoms. The van der Waals surface area contributed by atoms with E-state index in [4.69, 9.17) is 4.74 Å². The molecule has 122 valence electrons. The minimum Gasteiger partial charge on any atom is -0.468 e. The van der Waals surface area contributed by atoms with Crippen molar-refractivity contribution in [1.82, 2.24) is 4.72 Å². The lowest BCUT2D eigenvalue weighted by atomic mass is 10.1. The van der Waals surface area contributed by atoms with Crippen LogP contribution in [0.15, 0.2) is 59.5 Å². The topological polar surface area (TPSA) is 72.5 Å². The van der Waals surface area contributed by atoms with Crippen molar-refractivity contribution < 1.29 is 17.9 Å². The smallest absolute Gasteiger partial charge is 0.324 e. The number of carbonyl (C=O) groups is 1. The summed E-state index contributed by atoms with van der Waals surface area (Å²) in [7, 11) is -2.57. The third kappa shape index (κ3) is 4.64. The number of ether oxygens (including phenoxy) is 1. The average Bonchev–Trinajstić information content (AvgIpc) is 2.54. The molecule has 6 heteroatoms. The first kappa shape index (κ1) is 17.2. The number of nitrogens with one attached hydrogen (secondary N) is 1.